The summed E-state index contributed by atoms with van der Waals surface area (Å²) in [6, 6.07) is 0. The predicted molar refractivity (Wildman–Crippen MR) is 58.9 cm³/mol. The highest BCUT2D eigenvalue weighted by molar-refractivity contribution is 5.96. The number of likely N-dealkylation sites (N-methyl/N-ethyl adjacent to an activating group) is 2. The molecule has 0 bridgehead atoms. The average molecular weight is 210 g/mol. The highest BCUT2D eigenvalue weighted by Crippen LogP contribution is 2.11. The highest BCUT2D eigenvalue weighted by atomic mass is 16.2. The Hall–Kier alpha value is -1.36. The zero-order chi connectivity index (χ0) is 11.4. The van der Waals surface area contributed by atoms with Crippen molar-refractivity contribution >= 4 is 5.91 Å². The van der Waals surface area contributed by atoms with E-state index in [0.717, 1.165) is 17.9 Å². The first-order valence-corrected chi connectivity index (χ1v) is 4.99. The molecule has 1 amide bonds. The largest absolute Gasteiger partial charge is 0.340 e. The summed E-state index contributed by atoms with van der Waals surface area (Å²) in [6.07, 6.45) is 0. The van der Waals surface area contributed by atoms with Gasteiger partial charge in [0.1, 0.15) is 0 Å². The maximum Gasteiger partial charge on any atom is 0.257 e. The summed E-state index contributed by atoms with van der Waals surface area (Å²) in [5.41, 5.74) is 2.27. The van der Waals surface area contributed by atoms with E-state index in [2.05, 4.69) is 15.5 Å². The molecule has 15 heavy (non-hydrogen) atoms. The van der Waals surface area contributed by atoms with E-state index in [0.29, 0.717) is 12.1 Å². The van der Waals surface area contributed by atoms with Gasteiger partial charge in [0.05, 0.1) is 11.3 Å². The number of hydrogen-bond acceptors (Lipinski definition) is 3. The molecular formula is C10H18N4O. The molecule has 0 aromatic carbocycles. The fraction of sp³-hybridized carbons (Fsp3) is 0.600. The monoisotopic (exact) mass is 210 g/mol. The van der Waals surface area contributed by atoms with Crippen LogP contribution in [0.1, 0.15) is 21.7 Å². The Morgan fingerprint density at radius 3 is 2.67 bits per heavy atom. The summed E-state index contributed by atoms with van der Waals surface area (Å²) in [6.45, 7) is 5.18. The maximum atomic E-state index is 12.0. The molecule has 84 valence electrons. The highest BCUT2D eigenvalue weighted by Gasteiger charge is 2.18. The van der Waals surface area contributed by atoms with Gasteiger partial charge >= 0.3 is 0 Å². The van der Waals surface area contributed by atoms with Gasteiger partial charge in [-0.05, 0) is 20.9 Å². The molecule has 0 saturated carbocycles. The van der Waals surface area contributed by atoms with Gasteiger partial charge in [-0.1, -0.05) is 0 Å². The number of amides is 1. The molecule has 0 saturated heterocycles. The van der Waals surface area contributed by atoms with Gasteiger partial charge < -0.3 is 10.2 Å². The minimum Gasteiger partial charge on any atom is -0.340 e. The van der Waals surface area contributed by atoms with Gasteiger partial charge in [0, 0.05) is 25.8 Å². The fourth-order valence-electron chi connectivity index (χ4n) is 1.44. The van der Waals surface area contributed by atoms with E-state index >= 15 is 0 Å². The van der Waals surface area contributed by atoms with E-state index in [-0.39, 0.29) is 5.91 Å². The molecule has 1 aromatic rings. The second kappa shape index (κ2) is 4.93. The molecule has 0 radical (unpaired) electrons. The third kappa shape index (κ3) is 2.56. The van der Waals surface area contributed by atoms with Gasteiger partial charge in [-0.15, -0.1) is 0 Å². The molecule has 2 N–H and O–H groups in total. The van der Waals surface area contributed by atoms with Gasteiger partial charge in [0.2, 0.25) is 0 Å². The van der Waals surface area contributed by atoms with Gasteiger partial charge in [-0.3, -0.25) is 9.89 Å². The zero-order valence-corrected chi connectivity index (χ0v) is 9.72. The number of rotatable bonds is 4. The number of nitrogens with zero attached hydrogens (tertiary/aromatic N) is 2. The second-order valence-corrected chi connectivity index (χ2v) is 3.64. The molecule has 1 heterocycles. The lowest BCUT2D eigenvalue weighted by Crippen LogP contribution is -2.33. The van der Waals surface area contributed by atoms with E-state index in [4.69, 9.17) is 0 Å². The maximum absolute atomic E-state index is 12.0. The first-order chi connectivity index (χ1) is 7.07. The number of H-pyrrole nitrogens is 1. The lowest BCUT2D eigenvalue weighted by atomic mass is 10.2. The predicted octanol–water partition coefficient (Wildman–Crippen LogP) is 0.318. The van der Waals surface area contributed by atoms with Crippen LogP contribution in [-0.4, -0.2) is 48.2 Å². The van der Waals surface area contributed by atoms with E-state index in [1.165, 1.54) is 0 Å². The number of aromatic amines is 1. The molecule has 0 atom stereocenters. The minimum absolute atomic E-state index is 0.0222. The van der Waals surface area contributed by atoms with Crippen LogP contribution in [0.15, 0.2) is 0 Å². The molecule has 1 rings (SSSR count). The number of nitrogens with one attached hydrogen (secondary N) is 2. The third-order valence-corrected chi connectivity index (χ3v) is 2.39. The van der Waals surface area contributed by atoms with Crippen LogP contribution in [0.2, 0.25) is 0 Å². The number of hydrogen-bond donors (Lipinski definition) is 2. The van der Waals surface area contributed by atoms with Crippen LogP contribution in [-0.2, 0) is 0 Å². The average Bonchev–Trinajstić information content (AvgIpc) is 2.54. The SMILES string of the molecule is CNCCN(C)C(=O)c1c(C)n[nH]c1C. The van der Waals surface area contributed by atoms with Crippen LogP contribution in [0.4, 0.5) is 0 Å². The Balaban J connectivity index is 2.76. The molecular weight excluding hydrogens is 192 g/mol. The lowest BCUT2D eigenvalue weighted by molar-refractivity contribution is 0.0795. The van der Waals surface area contributed by atoms with Crippen molar-refractivity contribution in [1.29, 1.82) is 0 Å². The summed E-state index contributed by atoms with van der Waals surface area (Å²) in [5, 5.41) is 9.84. The van der Waals surface area contributed by atoms with Crippen molar-refractivity contribution in [3.8, 4) is 0 Å². The summed E-state index contributed by atoms with van der Waals surface area (Å²) in [4.78, 5) is 13.7. The van der Waals surface area contributed by atoms with Crippen molar-refractivity contribution in [3.63, 3.8) is 0 Å². The Bertz CT molecular complexity index is 326. The van der Waals surface area contributed by atoms with Gasteiger partial charge in [-0.2, -0.15) is 5.10 Å². The normalized spacial score (nSPS) is 10.4. The molecule has 5 nitrogen and oxygen atoms in total. The number of carbonyl (C=O) groups excluding carboxylic acids is 1. The smallest absolute Gasteiger partial charge is 0.257 e. The molecule has 0 aliphatic heterocycles. The topological polar surface area (TPSA) is 61.0 Å². The number of carbonyl (C=O) groups is 1. The van der Waals surface area contributed by atoms with E-state index in [9.17, 15) is 4.79 Å². The minimum atomic E-state index is 0.0222. The Kier molecular flexibility index (Phi) is 3.85. The molecule has 5 heteroatoms. The van der Waals surface area contributed by atoms with Crippen molar-refractivity contribution in [2.75, 3.05) is 27.2 Å². The number of aromatic nitrogens is 2. The van der Waals surface area contributed by atoms with E-state index < -0.39 is 0 Å². The van der Waals surface area contributed by atoms with Crippen molar-refractivity contribution in [2.45, 2.75) is 13.8 Å². The molecule has 0 aliphatic rings. The standard InChI is InChI=1S/C10H18N4O/c1-7-9(8(2)13-12-7)10(15)14(4)6-5-11-3/h11H,5-6H2,1-4H3,(H,12,13). The van der Waals surface area contributed by atoms with Crippen LogP contribution in [0, 0.1) is 13.8 Å². The fourth-order valence-corrected chi connectivity index (χ4v) is 1.44. The molecule has 0 spiro atoms. The van der Waals surface area contributed by atoms with Crippen molar-refractivity contribution < 1.29 is 4.79 Å². The first kappa shape index (κ1) is 11.7. The molecule has 0 aliphatic carbocycles. The molecule has 0 unspecified atom stereocenters. The summed E-state index contributed by atoms with van der Waals surface area (Å²) < 4.78 is 0. The summed E-state index contributed by atoms with van der Waals surface area (Å²) in [5.74, 6) is 0.0222. The summed E-state index contributed by atoms with van der Waals surface area (Å²) >= 11 is 0. The Morgan fingerprint density at radius 2 is 2.20 bits per heavy atom. The van der Waals surface area contributed by atoms with Crippen LogP contribution in [0.25, 0.3) is 0 Å². The van der Waals surface area contributed by atoms with Gasteiger partial charge in [0.25, 0.3) is 5.91 Å². The number of aryl methyl sites for hydroxylation is 2. The van der Waals surface area contributed by atoms with Crippen molar-refractivity contribution in [2.24, 2.45) is 0 Å². The van der Waals surface area contributed by atoms with Crippen molar-refractivity contribution in [1.82, 2.24) is 20.4 Å². The quantitative estimate of drug-likeness (QED) is 0.752. The van der Waals surface area contributed by atoms with Crippen molar-refractivity contribution in [3.05, 3.63) is 17.0 Å². The Morgan fingerprint density at radius 1 is 1.53 bits per heavy atom. The van der Waals surface area contributed by atoms with Crippen LogP contribution in [0.3, 0.4) is 0 Å². The first-order valence-electron chi connectivity index (χ1n) is 4.99. The third-order valence-electron chi connectivity index (χ3n) is 2.39. The van der Waals surface area contributed by atoms with Crippen LogP contribution < -0.4 is 5.32 Å². The van der Waals surface area contributed by atoms with Crippen LogP contribution in [0.5, 0.6) is 0 Å². The molecule has 0 fully saturated rings. The summed E-state index contributed by atoms with van der Waals surface area (Å²) in [7, 11) is 3.66. The lowest BCUT2D eigenvalue weighted by Gasteiger charge is -2.16. The molecule has 1 aromatic heterocycles. The Labute approximate surface area is 89.9 Å². The van der Waals surface area contributed by atoms with Gasteiger partial charge in [-0.25, -0.2) is 0 Å². The van der Waals surface area contributed by atoms with Gasteiger partial charge in [0.15, 0.2) is 0 Å². The second-order valence-electron chi connectivity index (χ2n) is 3.64. The van der Waals surface area contributed by atoms with E-state index in [1.54, 1.807) is 11.9 Å². The van der Waals surface area contributed by atoms with Crippen LogP contribution >= 0.6 is 0 Å². The zero-order valence-electron chi connectivity index (χ0n) is 9.72. The van der Waals surface area contributed by atoms with E-state index in [1.807, 2.05) is 20.9 Å².